The van der Waals surface area contributed by atoms with E-state index in [1.165, 1.54) is 0 Å². The van der Waals surface area contributed by atoms with Gasteiger partial charge in [0.25, 0.3) is 5.92 Å². The third-order valence-corrected chi connectivity index (χ3v) is 2.49. The van der Waals surface area contributed by atoms with Crippen molar-refractivity contribution in [2.75, 3.05) is 13.1 Å². The Morgan fingerprint density at radius 2 is 2.31 bits per heavy atom. The molecule has 1 atom stereocenters. The molecule has 13 heavy (non-hydrogen) atoms. The number of hydrogen-bond acceptors (Lipinski definition) is 2. The second-order valence-corrected chi connectivity index (χ2v) is 4.12. The summed E-state index contributed by atoms with van der Waals surface area (Å²) in [5, 5.41) is 0. The standard InChI is InChI=1S/C8H14F2N2S/c1-6(4-7(11)13)12-3-2-8(9,10)5-12/h6H,2-5H2,1H3,(H2,11,13). The van der Waals surface area contributed by atoms with E-state index in [0.29, 0.717) is 18.0 Å². The highest BCUT2D eigenvalue weighted by Crippen LogP contribution is 2.28. The van der Waals surface area contributed by atoms with Gasteiger partial charge >= 0.3 is 0 Å². The molecule has 76 valence electrons. The molecule has 0 aromatic carbocycles. The maximum atomic E-state index is 12.8. The maximum Gasteiger partial charge on any atom is 0.261 e. The molecule has 0 amide bonds. The van der Waals surface area contributed by atoms with Crippen molar-refractivity contribution in [3.8, 4) is 0 Å². The number of alkyl halides is 2. The average molecular weight is 208 g/mol. The molecule has 1 saturated heterocycles. The first-order chi connectivity index (χ1) is 5.91. The van der Waals surface area contributed by atoms with Gasteiger partial charge in [-0.2, -0.15) is 0 Å². The van der Waals surface area contributed by atoms with Crippen LogP contribution in [-0.4, -0.2) is 34.9 Å². The van der Waals surface area contributed by atoms with Gasteiger partial charge in [-0.1, -0.05) is 12.2 Å². The Morgan fingerprint density at radius 1 is 1.69 bits per heavy atom. The Hall–Kier alpha value is -0.290. The number of nitrogens with zero attached hydrogens (tertiary/aromatic N) is 1. The maximum absolute atomic E-state index is 12.8. The first-order valence-electron chi connectivity index (χ1n) is 4.31. The number of likely N-dealkylation sites (tertiary alicyclic amines) is 1. The van der Waals surface area contributed by atoms with Crippen molar-refractivity contribution in [1.29, 1.82) is 0 Å². The van der Waals surface area contributed by atoms with E-state index in [4.69, 9.17) is 18.0 Å². The van der Waals surface area contributed by atoms with Crippen molar-refractivity contribution in [3.63, 3.8) is 0 Å². The Morgan fingerprint density at radius 3 is 2.69 bits per heavy atom. The summed E-state index contributed by atoms with van der Waals surface area (Å²) in [6.07, 6.45) is 0.472. The molecular weight excluding hydrogens is 194 g/mol. The van der Waals surface area contributed by atoms with E-state index < -0.39 is 5.92 Å². The summed E-state index contributed by atoms with van der Waals surface area (Å²) in [7, 11) is 0. The summed E-state index contributed by atoms with van der Waals surface area (Å²) in [5.74, 6) is -2.52. The van der Waals surface area contributed by atoms with Crippen LogP contribution in [0.1, 0.15) is 19.8 Å². The van der Waals surface area contributed by atoms with Crippen LogP contribution in [0.4, 0.5) is 8.78 Å². The number of halogens is 2. The van der Waals surface area contributed by atoms with Gasteiger partial charge in [-0.25, -0.2) is 8.78 Å². The second-order valence-electron chi connectivity index (χ2n) is 3.60. The monoisotopic (exact) mass is 208 g/mol. The van der Waals surface area contributed by atoms with Crippen molar-refractivity contribution in [2.45, 2.75) is 31.7 Å². The first kappa shape index (κ1) is 10.8. The fraction of sp³-hybridized carbons (Fsp3) is 0.875. The van der Waals surface area contributed by atoms with Gasteiger partial charge in [0, 0.05) is 25.4 Å². The lowest BCUT2D eigenvalue weighted by molar-refractivity contribution is 0.00874. The number of rotatable bonds is 3. The molecule has 1 aliphatic rings. The van der Waals surface area contributed by atoms with Crippen LogP contribution in [0.25, 0.3) is 0 Å². The molecule has 1 rings (SSSR count). The molecular formula is C8H14F2N2S. The van der Waals surface area contributed by atoms with Crippen molar-refractivity contribution in [2.24, 2.45) is 5.73 Å². The van der Waals surface area contributed by atoms with Crippen LogP contribution in [0.2, 0.25) is 0 Å². The zero-order valence-corrected chi connectivity index (χ0v) is 8.41. The third kappa shape index (κ3) is 3.15. The lowest BCUT2D eigenvalue weighted by Gasteiger charge is -2.23. The molecule has 0 bridgehead atoms. The highest BCUT2D eigenvalue weighted by molar-refractivity contribution is 7.80. The largest absolute Gasteiger partial charge is 0.393 e. The number of hydrogen-bond donors (Lipinski definition) is 1. The lowest BCUT2D eigenvalue weighted by atomic mass is 10.2. The van der Waals surface area contributed by atoms with E-state index in [1.54, 1.807) is 4.90 Å². The van der Waals surface area contributed by atoms with Crippen LogP contribution in [-0.2, 0) is 0 Å². The Balaban J connectivity index is 2.42. The van der Waals surface area contributed by atoms with E-state index in [-0.39, 0.29) is 19.0 Å². The van der Waals surface area contributed by atoms with Gasteiger partial charge in [0.1, 0.15) is 0 Å². The van der Waals surface area contributed by atoms with Crippen molar-refractivity contribution in [3.05, 3.63) is 0 Å². The van der Waals surface area contributed by atoms with Crippen LogP contribution in [0.15, 0.2) is 0 Å². The van der Waals surface area contributed by atoms with Crippen LogP contribution in [0.5, 0.6) is 0 Å². The molecule has 0 aliphatic carbocycles. The summed E-state index contributed by atoms with van der Waals surface area (Å²) >= 11 is 4.73. The summed E-state index contributed by atoms with van der Waals surface area (Å²) in [5.41, 5.74) is 5.35. The molecule has 1 unspecified atom stereocenters. The fourth-order valence-electron chi connectivity index (χ4n) is 1.56. The molecule has 0 aromatic rings. The average Bonchev–Trinajstić information content (AvgIpc) is 2.28. The van der Waals surface area contributed by atoms with Gasteiger partial charge in [0.2, 0.25) is 0 Å². The summed E-state index contributed by atoms with van der Waals surface area (Å²) in [4.78, 5) is 2.13. The van der Waals surface area contributed by atoms with E-state index in [0.717, 1.165) is 0 Å². The summed E-state index contributed by atoms with van der Waals surface area (Å²) in [6, 6.07) is 0.0332. The van der Waals surface area contributed by atoms with Gasteiger partial charge in [-0.3, -0.25) is 4.90 Å². The summed E-state index contributed by atoms with van der Waals surface area (Å²) in [6.45, 7) is 2.16. The van der Waals surface area contributed by atoms with E-state index >= 15 is 0 Å². The third-order valence-electron chi connectivity index (χ3n) is 2.32. The first-order valence-corrected chi connectivity index (χ1v) is 4.72. The quantitative estimate of drug-likeness (QED) is 0.711. The molecule has 1 fully saturated rings. The molecule has 0 aromatic heterocycles. The molecule has 1 heterocycles. The van der Waals surface area contributed by atoms with Crippen LogP contribution in [0.3, 0.4) is 0 Å². The number of nitrogens with two attached hydrogens (primary N) is 1. The second kappa shape index (κ2) is 3.84. The Kier molecular flexibility index (Phi) is 3.18. The SMILES string of the molecule is CC(CC(N)=S)N1CCC(F)(F)C1. The van der Waals surface area contributed by atoms with E-state index in [9.17, 15) is 8.78 Å². The van der Waals surface area contributed by atoms with E-state index in [2.05, 4.69) is 0 Å². The minimum absolute atomic E-state index is 0.0332. The normalized spacial score (nSPS) is 24.5. The molecule has 2 N–H and O–H groups in total. The summed E-state index contributed by atoms with van der Waals surface area (Å²) < 4.78 is 25.6. The van der Waals surface area contributed by atoms with Crippen molar-refractivity contribution < 1.29 is 8.78 Å². The highest BCUT2D eigenvalue weighted by atomic mass is 32.1. The van der Waals surface area contributed by atoms with Crippen LogP contribution < -0.4 is 5.73 Å². The zero-order chi connectivity index (χ0) is 10.1. The van der Waals surface area contributed by atoms with Gasteiger partial charge in [-0.05, 0) is 6.92 Å². The number of thiocarbonyl (C=S) groups is 1. The van der Waals surface area contributed by atoms with Gasteiger partial charge < -0.3 is 5.73 Å². The topological polar surface area (TPSA) is 29.3 Å². The van der Waals surface area contributed by atoms with Crippen LogP contribution in [0, 0.1) is 0 Å². The molecule has 1 aliphatic heterocycles. The van der Waals surface area contributed by atoms with Crippen molar-refractivity contribution >= 4 is 17.2 Å². The van der Waals surface area contributed by atoms with Crippen molar-refractivity contribution in [1.82, 2.24) is 4.90 Å². The predicted octanol–water partition coefficient (Wildman–Crippen LogP) is 1.39. The molecule has 0 saturated carbocycles. The molecule has 5 heteroatoms. The Labute approximate surface area is 82.1 Å². The minimum atomic E-state index is -2.52. The van der Waals surface area contributed by atoms with Gasteiger partial charge in [-0.15, -0.1) is 0 Å². The van der Waals surface area contributed by atoms with Gasteiger partial charge in [0.05, 0.1) is 11.5 Å². The predicted molar refractivity (Wildman–Crippen MR) is 52.0 cm³/mol. The Bertz CT molecular complexity index is 208. The minimum Gasteiger partial charge on any atom is -0.393 e. The highest BCUT2D eigenvalue weighted by Gasteiger charge is 2.39. The molecule has 0 spiro atoms. The van der Waals surface area contributed by atoms with E-state index in [1.807, 2.05) is 6.92 Å². The van der Waals surface area contributed by atoms with Crippen LogP contribution >= 0.6 is 12.2 Å². The molecule has 2 nitrogen and oxygen atoms in total. The van der Waals surface area contributed by atoms with Gasteiger partial charge in [0.15, 0.2) is 0 Å². The fourth-order valence-corrected chi connectivity index (χ4v) is 1.80. The molecule has 0 radical (unpaired) electrons. The lowest BCUT2D eigenvalue weighted by Crippen LogP contribution is -2.35. The smallest absolute Gasteiger partial charge is 0.261 e. The zero-order valence-electron chi connectivity index (χ0n) is 7.59.